The van der Waals surface area contributed by atoms with Gasteiger partial charge in [-0.15, -0.1) is 0 Å². The molecule has 0 fully saturated rings. The average molecular weight is 269 g/mol. The van der Waals surface area contributed by atoms with Crippen LogP contribution in [-0.4, -0.2) is 7.05 Å². The first kappa shape index (κ1) is 14.9. The van der Waals surface area contributed by atoms with Gasteiger partial charge in [0.2, 0.25) is 0 Å². The molecular weight excluding hydrogens is 242 g/mol. The highest BCUT2D eigenvalue weighted by Gasteiger charge is 2.21. The summed E-state index contributed by atoms with van der Waals surface area (Å²) >= 11 is 0. The lowest BCUT2D eigenvalue weighted by Crippen LogP contribution is -2.11. The van der Waals surface area contributed by atoms with Gasteiger partial charge >= 0.3 is 0 Å². The molecule has 0 radical (unpaired) electrons. The van der Waals surface area contributed by atoms with Crippen molar-refractivity contribution in [1.82, 2.24) is 0 Å². The number of nitrogens with one attached hydrogen (secondary N) is 1. The first-order valence-electron chi connectivity index (χ1n) is 7.71. The summed E-state index contributed by atoms with van der Waals surface area (Å²) in [7, 11) is 1.96. The van der Waals surface area contributed by atoms with Gasteiger partial charge in [-0.05, 0) is 41.5 Å². The summed E-state index contributed by atoms with van der Waals surface area (Å²) in [5, 5.41) is 3.18. The maximum Gasteiger partial charge on any atom is 0.0337 e. The molecule has 108 valence electrons. The molecule has 0 heterocycles. The third-order valence-electron chi connectivity index (χ3n) is 4.27. The Balaban J connectivity index is 2.24. The van der Waals surface area contributed by atoms with Crippen LogP contribution in [0.4, 0.5) is 5.69 Å². The fraction of sp³-hybridized carbons (Fsp3) is 0.474. The van der Waals surface area contributed by atoms with E-state index in [4.69, 9.17) is 0 Å². The molecule has 20 heavy (non-hydrogen) atoms. The van der Waals surface area contributed by atoms with E-state index in [0.29, 0.717) is 17.8 Å². The maximum atomic E-state index is 3.18. The predicted octanol–water partition coefficient (Wildman–Crippen LogP) is 5.38. The van der Waals surface area contributed by atoms with E-state index >= 15 is 0 Å². The Morgan fingerprint density at radius 2 is 1.65 bits per heavy atom. The van der Waals surface area contributed by atoms with Crippen molar-refractivity contribution in [1.29, 1.82) is 0 Å². The third-order valence-corrected chi connectivity index (χ3v) is 4.27. The fourth-order valence-corrected chi connectivity index (χ4v) is 3.01. The highest BCUT2D eigenvalue weighted by Crippen LogP contribution is 2.37. The predicted molar refractivity (Wildman–Crippen MR) is 89.2 cm³/mol. The van der Waals surface area contributed by atoms with E-state index in [0.717, 1.165) is 0 Å². The average Bonchev–Trinajstić information content (AvgIpc) is 2.46. The van der Waals surface area contributed by atoms with Gasteiger partial charge in [-0.25, -0.2) is 0 Å². The van der Waals surface area contributed by atoms with Crippen molar-refractivity contribution < 1.29 is 0 Å². The van der Waals surface area contributed by atoms with Crippen molar-refractivity contribution >= 4 is 5.69 Å². The minimum atomic E-state index is 0.529. The molecule has 0 aromatic heterocycles. The van der Waals surface area contributed by atoms with Crippen LogP contribution in [0.25, 0.3) is 0 Å². The van der Waals surface area contributed by atoms with Crippen LogP contribution in [0.3, 0.4) is 0 Å². The van der Waals surface area contributed by atoms with Crippen LogP contribution in [0, 0.1) is 11.8 Å². The van der Waals surface area contributed by atoms with Gasteiger partial charge in [-0.1, -0.05) is 57.6 Å². The Bertz CT molecular complexity index is 503. The van der Waals surface area contributed by atoms with E-state index in [-0.39, 0.29) is 0 Å². The van der Waals surface area contributed by atoms with Crippen molar-refractivity contribution in [2.24, 2.45) is 11.8 Å². The van der Waals surface area contributed by atoms with E-state index in [1.54, 1.807) is 11.1 Å². The molecule has 1 aromatic carbocycles. The molecule has 1 atom stereocenters. The van der Waals surface area contributed by atoms with Gasteiger partial charge in [0.05, 0.1) is 0 Å². The Labute approximate surface area is 123 Å². The molecule has 0 amide bonds. The lowest BCUT2D eigenvalue weighted by molar-refractivity contribution is 0.630. The molecule has 1 unspecified atom stereocenters. The monoisotopic (exact) mass is 269 g/mol. The summed E-state index contributed by atoms with van der Waals surface area (Å²) in [5.74, 6) is 1.79. The molecule has 1 aromatic rings. The summed E-state index contributed by atoms with van der Waals surface area (Å²) in [4.78, 5) is 0. The summed E-state index contributed by atoms with van der Waals surface area (Å²) in [6.45, 7) is 9.23. The van der Waals surface area contributed by atoms with Gasteiger partial charge in [-0.3, -0.25) is 0 Å². The zero-order valence-corrected chi connectivity index (χ0v) is 13.4. The number of anilines is 1. The summed E-state index contributed by atoms with van der Waals surface area (Å²) in [5.41, 5.74) is 5.77. The molecule has 1 nitrogen and oxygen atoms in total. The van der Waals surface area contributed by atoms with Crippen LogP contribution in [0.15, 0.2) is 47.6 Å². The Hall–Kier alpha value is -1.50. The van der Waals surface area contributed by atoms with E-state index in [9.17, 15) is 0 Å². The quantitative estimate of drug-likeness (QED) is 0.773. The largest absolute Gasteiger partial charge is 0.388 e. The Morgan fingerprint density at radius 1 is 1.00 bits per heavy atom. The van der Waals surface area contributed by atoms with Gasteiger partial charge < -0.3 is 5.32 Å². The summed E-state index contributed by atoms with van der Waals surface area (Å²) in [6, 6.07) is 8.83. The van der Waals surface area contributed by atoms with Crippen molar-refractivity contribution in [3.63, 3.8) is 0 Å². The van der Waals surface area contributed by atoms with Crippen molar-refractivity contribution in [2.45, 2.75) is 40.0 Å². The molecule has 2 rings (SSSR count). The lowest BCUT2D eigenvalue weighted by atomic mass is 9.78. The molecule has 1 aliphatic carbocycles. The third kappa shape index (κ3) is 3.15. The molecular formula is C19H27N. The second-order valence-electron chi connectivity index (χ2n) is 6.33. The standard InChI is InChI=1S/C19H27N/c1-13(2)18-11-8-16(12-19(18)14(3)4)15-6-9-17(20-5)10-7-15/h6-11,13-14,16,20H,12H2,1-5H3. The minimum absolute atomic E-state index is 0.529. The molecule has 1 heteroatoms. The van der Waals surface area contributed by atoms with E-state index in [1.807, 2.05) is 7.05 Å². The zero-order valence-electron chi connectivity index (χ0n) is 13.4. The van der Waals surface area contributed by atoms with E-state index in [2.05, 4.69) is 69.4 Å². The Kier molecular flexibility index (Phi) is 4.69. The fourth-order valence-electron chi connectivity index (χ4n) is 3.01. The van der Waals surface area contributed by atoms with Crippen LogP contribution < -0.4 is 5.32 Å². The molecule has 0 saturated carbocycles. The molecule has 0 aliphatic heterocycles. The van der Waals surface area contributed by atoms with Gasteiger partial charge in [0.1, 0.15) is 0 Å². The smallest absolute Gasteiger partial charge is 0.0337 e. The number of benzene rings is 1. The summed E-state index contributed by atoms with van der Waals surface area (Å²) < 4.78 is 0. The molecule has 0 saturated heterocycles. The van der Waals surface area contributed by atoms with Crippen molar-refractivity contribution in [3.8, 4) is 0 Å². The van der Waals surface area contributed by atoms with Gasteiger partial charge in [-0.2, -0.15) is 0 Å². The maximum absolute atomic E-state index is 3.18. The first-order chi connectivity index (χ1) is 9.52. The van der Waals surface area contributed by atoms with Crippen LogP contribution in [0.5, 0.6) is 0 Å². The van der Waals surface area contributed by atoms with Crippen molar-refractivity contribution in [3.05, 3.63) is 53.1 Å². The van der Waals surface area contributed by atoms with Crippen LogP contribution in [0.2, 0.25) is 0 Å². The number of hydrogen-bond donors (Lipinski definition) is 1. The molecule has 0 bridgehead atoms. The van der Waals surface area contributed by atoms with Gasteiger partial charge in [0.25, 0.3) is 0 Å². The summed E-state index contributed by atoms with van der Waals surface area (Å²) in [6.07, 6.45) is 5.91. The molecule has 1 N–H and O–H groups in total. The second-order valence-corrected chi connectivity index (χ2v) is 6.33. The Morgan fingerprint density at radius 3 is 2.15 bits per heavy atom. The first-order valence-corrected chi connectivity index (χ1v) is 7.71. The highest BCUT2D eigenvalue weighted by molar-refractivity contribution is 5.46. The molecule has 0 spiro atoms. The van der Waals surface area contributed by atoms with E-state index < -0.39 is 0 Å². The topological polar surface area (TPSA) is 12.0 Å². The van der Waals surface area contributed by atoms with Crippen LogP contribution in [-0.2, 0) is 0 Å². The number of hydrogen-bond acceptors (Lipinski definition) is 1. The second kappa shape index (κ2) is 6.30. The highest BCUT2D eigenvalue weighted by atomic mass is 14.8. The normalized spacial score (nSPS) is 19.1. The number of allylic oxidation sites excluding steroid dienone is 4. The van der Waals surface area contributed by atoms with Crippen molar-refractivity contribution in [2.75, 3.05) is 12.4 Å². The zero-order chi connectivity index (χ0) is 14.7. The van der Waals surface area contributed by atoms with Gasteiger partial charge in [0, 0.05) is 18.7 Å². The SMILES string of the molecule is CNc1ccc(C2C=CC(C(C)C)=C(C(C)C)C2)cc1. The number of rotatable bonds is 4. The van der Waals surface area contributed by atoms with E-state index in [1.165, 1.54) is 17.7 Å². The van der Waals surface area contributed by atoms with Crippen LogP contribution >= 0.6 is 0 Å². The minimum Gasteiger partial charge on any atom is -0.388 e. The van der Waals surface area contributed by atoms with Gasteiger partial charge in [0.15, 0.2) is 0 Å². The van der Waals surface area contributed by atoms with Crippen LogP contribution in [0.1, 0.15) is 45.6 Å². The molecule has 1 aliphatic rings. The lowest BCUT2D eigenvalue weighted by Gasteiger charge is -2.27.